The van der Waals surface area contributed by atoms with Gasteiger partial charge < -0.3 is 30.2 Å². The van der Waals surface area contributed by atoms with Crippen molar-refractivity contribution in [3.63, 3.8) is 0 Å². The van der Waals surface area contributed by atoms with Crippen molar-refractivity contribution in [3.05, 3.63) is 29.8 Å². The molecule has 2 rings (SSSR count). The zero-order valence-corrected chi connectivity index (χ0v) is 29.2. The number of rotatable bonds is 20. The van der Waals surface area contributed by atoms with E-state index in [9.17, 15) is 23.4 Å². The number of nitrogens with one attached hydrogen (secondary N) is 3. The standard InChI is InChI=1S/C31H45BN8O7S/c1-22(2)25(18-41)36-27(43)19-46-20-28(44)37-31(5,32)12-13-47-30(3,4)21-40-17-24(38-39-40)16-33-26(42)11-9-7-8-10-23-14-34-29(35-15-23)48(6)45/h14-15,17-18,22,25H,7,9,11-13,16,19-21H2,1-6H3,(H,33,42)(H,36,43)(H,37,44). The van der Waals surface area contributed by atoms with Gasteiger partial charge in [0.2, 0.25) is 22.9 Å². The fourth-order valence-corrected chi connectivity index (χ4v) is 4.42. The van der Waals surface area contributed by atoms with Gasteiger partial charge >= 0.3 is 0 Å². The van der Waals surface area contributed by atoms with Gasteiger partial charge in [0.15, 0.2) is 0 Å². The fraction of sp³-hybridized carbons (Fsp3) is 0.613. The minimum absolute atomic E-state index is 0.0633. The number of aldehydes is 1. The zero-order valence-electron chi connectivity index (χ0n) is 28.4. The van der Waals surface area contributed by atoms with Crippen LogP contribution in [-0.2, 0) is 52.5 Å². The van der Waals surface area contributed by atoms with Crippen LogP contribution < -0.4 is 16.0 Å². The van der Waals surface area contributed by atoms with Gasteiger partial charge in [-0.2, -0.15) is 0 Å². The molecule has 17 heteroatoms. The molecule has 2 radical (unpaired) electrons. The molecule has 3 N–H and O–H groups in total. The molecule has 0 aliphatic rings. The van der Waals surface area contributed by atoms with Crippen molar-refractivity contribution in [2.24, 2.45) is 5.92 Å². The summed E-state index contributed by atoms with van der Waals surface area (Å²) >= 11 is 0. The van der Waals surface area contributed by atoms with Crippen LogP contribution in [0.15, 0.2) is 23.7 Å². The van der Waals surface area contributed by atoms with Crippen LogP contribution in [0.5, 0.6) is 0 Å². The fourth-order valence-electron chi connectivity index (χ4n) is 4.02. The number of ether oxygens (including phenoxy) is 2. The van der Waals surface area contributed by atoms with Crippen molar-refractivity contribution < 1.29 is 32.9 Å². The molecule has 0 aliphatic carbocycles. The van der Waals surface area contributed by atoms with Gasteiger partial charge in [0, 0.05) is 38.1 Å². The summed E-state index contributed by atoms with van der Waals surface area (Å²) in [6, 6.07) is -0.622. The summed E-state index contributed by atoms with van der Waals surface area (Å²) in [4.78, 5) is 55.4. The maximum atomic E-state index is 12.3. The summed E-state index contributed by atoms with van der Waals surface area (Å²) < 4.78 is 24.1. The van der Waals surface area contributed by atoms with E-state index >= 15 is 0 Å². The first kappa shape index (κ1) is 40.2. The lowest BCUT2D eigenvalue weighted by atomic mass is 9.77. The third-order valence-electron chi connectivity index (χ3n) is 6.62. The van der Waals surface area contributed by atoms with Crippen LogP contribution >= 0.6 is 0 Å². The Labute approximate surface area is 285 Å². The largest absolute Gasteiger partial charge is 0.374 e. The van der Waals surface area contributed by atoms with Crippen molar-refractivity contribution in [1.29, 1.82) is 0 Å². The van der Waals surface area contributed by atoms with E-state index in [1.54, 1.807) is 31.6 Å². The highest BCUT2D eigenvalue weighted by molar-refractivity contribution is 7.84. The molecule has 0 spiro atoms. The Balaban J connectivity index is 1.65. The number of hydrogen-bond acceptors (Lipinski definition) is 11. The smallest absolute Gasteiger partial charge is 0.246 e. The highest BCUT2D eigenvalue weighted by Gasteiger charge is 2.25. The molecule has 0 saturated heterocycles. The minimum Gasteiger partial charge on any atom is -0.374 e. The molecular formula is C31H45BN8O7S. The topological polar surface area (TPSA) is 196 Å². The Morgan fingerprint density at radius 2 is 1.81 bits per heavy atom. The van der Waals surface area contributed by atoms with Crippen LogP contribution in [0.4, 0.5) is 0 Å². The molecule has 15 nitrogen and oxygen atoms in total. The lowest BCUT2D eigenvalue weighted by Gasteiger charge is -2.30. The molecule has 3 unspecified atom stereocenters. The first-order chi connectivity index (χ1) is 22.6. The average molecular weight is 685 g/mol. The van der Waals surface area contributed by atoms with Crippen molar-refractivity contribution in [1.82, 2.24) is 40.9 Å². The zero-order chi connectivity index (χ0) is 35.7. The van der Waals surface area contributed by atoms with Crippen LogP contribution in [0.2, 0.25) is 0 Å². The number of carbonyl (C=O) groups excluding carboxylic acids is 4. The summed E-state index contributed by atoms with van der Waals surface area (Å²) in [5.74, 6) is 4.72. The molecule has 0 fully saturated rings. The molecule has 3 atom stereocenters. The first-order valence-corrected chi connectivity index (χ1v) is 17.0. The van der Waals surface area contributed by atoms with Gasteiger partial charge in [0.1, 0.15) is 33.0 Å². The Morgan fingerprint density at radius 1 is 1.12 bits per heavy atom. The van der Waals surface area contributed by atoms with Crippen molar-refractivity contribution in [3.8, 4) is 11.8 Å². The molecule has 48 heavy (non-hydrogen) atoms. The van der Waals surface area contributed by atoms with Gasteiger partial charge in [-0.15, -0.1) is 5.10 Å². The molecule has 260 valence electrons. The van der Waals surface area contributed by atoms with Crippen LogP contribution in [0.25, 0.3) is 0 Å². The number of hydrogen-bond donors (Lipinski definition) is 3. The van der Waals surface area contributed by atoms with Crippen LogP contribution in [0, 0.1) is 17.8 Å². The molecule has 0 aliphatic heterocycles. The quantitative estimate of drug-likeness (QED) is 0.0566. The molecule has 2 aromatic rings. The average Bonchev–Trinajstić information content (AvgIpc) is 3.44. The Kier molecular flexibility index (Phi) is 16.5. The molecule has 0 saturated carbocycles. The highest BCUT2D eigenvalue weighted by atomic mass is 32.2. The van der Waals surface area contributed by atoms with E-state index in [2.05, 4.69) is 48.1 Å². The van der Waals surface area contributed by atoms with Crippen molar-refractivity contribution >= 4 is 42.7 Å². The first-order valence-electron chi connectivity index (χ1n) is 15.5. The summed E-state index contributed by atoms with van der Waals surface area (Å²) in [6.07, 6.45) is 8.64. The van der Waals surface area contributed by atoms with Gasteiger partial charge in [-0.25, -0.2) is 14.6 Å². The van der Waals surface area contributed by atoms with Crippen molar-refractivity contribution in [2.45, 2.75) is 95.6 Å². The summed E-state index contributed by atoms with van der Waals surface area (Å²) in [5.41, 5.74) is -0.531. The van der Waals surface area contributed by atoms with Crippen LogP contribution in [-0.4, -0.2) is 104 Å². The predicted octanol–water partition coefficient (Wildman–Crippen LogP) is 0.186. The monoisotopic (exact) mass is 684 g/mol. The van der Waals surface area contributed by atoms with Crippen molar-refractivity contribution in [2.75, 3.05) is 26.1 Å². The molecule has 3 amide bonds. The van der Waals surface area contributed by atoms with Gasteiger partial charge in [-0.05, 0) is 38.0 Å². The highest BCUT2D eigenvalue weighted by Crippen LogP contribution is 2.15. The normalized spacial score (nSPS) is 13.8. The third kappa shape index (κ3) is 16.2. The Bertz CT molecular complexity index is 1450. The van der Waals surface area contributed by atoms with Crippen LogP contribution in [0.3, 0.4) is 0 Å². The molecule has 2 aromatic heterocycles. The lowest BCUT2D eigenvalue weighted by Crippen LogP contribution is -2.49. The van der Waals surface area contributed by atoms with E-state index in [-0.39, 0.29) is 43.3 Å². The van der Waals surface area contributed by atoms with E-state index < -0.39 is 39.7 Å². The molecule has 2 heterocycles. The van der Waals surface area contributed by atoms with Crippen LogP contribution in [0.1, 0.15) is 71.6 Å². The molecular weight excluding hydrogens is 639 g/mol. The van der Waals surface area contributed by atoms with E-state index in [1.165, 1.54) is 18.6 Å². The van der Waals surface area contributed by atoms with E-state index in [0.29, 0.717) is 49.8 Å². The number of unbranched alkanes of at least 4 members (excludes halogenated alkanes) is 1. The second-order valence-electron chi connectivity index (χ2n) is 12.3. The van der Waals surface area contributed by atoms with Gasteiger partial charge in [0.25, 0.3) is 0 Å². The summed E-state index contributed by atoms with van der Waals surface area (Å²) in [6.45, 7) is 9.11. The molecule has 0 bridgehead atoms. The Hall–Kier alpha value is -4.01. The minimum atomic E-state index is -1.24. The third-order valence-corrected chi connectivity index (χ3v) is 7.34. The Morgan fingerprint density at radius 3 is 2.46 bits per heavy atom. The number of carbonyl (C=O) groups is 4. The second kappa shape index (κ2) is 19.7. The maximum absolute atomic E-state index is 12.3. The second-order valence-corrected chi connectivity index (χ2v) is 13.6. The van der Waals surface area contributed by atoms with E-state index in [0.717, 1.165) is 0 Å². The van der Waals surface area contributed by atoms with Gasteiger partial charge in [0.05, 0.1) is 47.3 Å². The van der Waals surface area contributed by atoms with E-state index in [1.807, 2.05) is 13.8 Å². The SMILES string of the molecule is [B]C(C)(CCOC(C)(C)Cn1cc(CNC(=O)CCCC#Cc2cnc(S(C)=O)nc2)nn1)NC(=O)COCC(=O)NC(C=O)C(C)C. The molecule has 0 aromatic carbocycles. The number of nitrogens with zero attached hydrogens (tertiary/aromatic N) is 5. The maximum Gasteiger partial charge on any atom is 0.246 e. The number of aromatic nitrogens is 5. The number of amides is 3. The van der Waals surface area contributed by atoms with Gasteiger partial charge in [-0.1, -0.05) is 37.8 Å². The predicted molar refractivity (Wildman–Crippen MR) is 178 cm³/mol. The lowest BCUT2D eigenvalue weighted by molar-refractivity contribution is -0.133. The van der Waals surface area contributed by atoms with Gasteiger partial charge in [-0.3, -0.25) is 18.6 Å². The summed E-state index contributed by atoms with van der Waals surface area (Å²) in [5, 5.41) is 16.5. The van der Waals surface area contributed by atoms with E-state index in [4.69, 9.17) is 17.3 Å². The summed E-state index contributed by atoms with van der Waals surface area (Å²) in [7, 11) is 4.98.